The first-order valence-electron chi connectivity index (χ1n) is 7.77. The minimum absolute atomic E-state index is 0. The normalized spacial score (nSPS) is 17.8. The molecule has 0 aliphatic heterocycles. The van der Waals surface area contributed by atoms with Crippen molar-refractivity contribution in [3.63, 3.8) is 0 Å². The standard InChI is InChI=1S/C15H31N3O2.HI/c1-5-16-14(18-13(3)11-19-4)17-12-15(7-8-15)9-10-20-6-2;/h13H,5-12H2,1-4H3,(H2,16,17,18);1H. The van der Waals surface area contributed by atoms with Crippen LogP contribution in [0, 0.1) is 5.41 Å². The van der Waals surface area contributed by atoms with Gasteiger partial charge in [0.1, 0.15) is 0 Å². The summed E-state index contributed by atoms with van der Waals surface area (Å²) in [5, 5.41) is 6.66. The van der Waals surface area contributed by atoms with E-state index in [4.69, 9.17) is 14.5 Å². The number of hydrogen-bond acceptors (Lipinski definition) is 3. The van der Waals surface area contributed by atoms with Crippen LogP contribution >= 0.6 is 24.0 Å². The number of halogens is 1. The predicted molar refractivity (Wildman–Crippen MR) is 98.6 cm³/mol. The van der Waals surface area contributed by atoms with Gasteiger partial charge < -0.3 is 20.1 Å². The van der Waals surface area contributed by atoms with Crippen LogP contribution < -0.4 is 10.6 Å². The molecule has 0 bridgehead atoms. The lowest BCUT2D eigenvalue weighted by Crippen LogP contribution is -2.44. The smallest absolute Gasteiger partial charge is 0.191 e. The lowest BCUT2D eigenvalue weighted by Gasteiger charge is -2.18. The Balaban J connectivity index is 0.00000400. The maximum absolute atomic E-state index is 5.46. The van der Waals surface area contributed by atoms with E-state index in [1.165, 1.54) is 12.8 Å². The quantitative estimate of drug-likeness (QED) is 0.250. The van der Waals surface area contributed by atoms with E-state index in [-0.39, 0.29) is 30.0 Å². The maximum Gasteiger partial charge on any atom is 0.191 e. The minimum atomic E-state index is 0. The highest BCUT2D eigenvalue weighted by molar-refractivity contribution is 14.0. The molecule has 1 saturated carbocycles. The molecule has 2 N–H and O–H groups in total. The van der Waals surface area contributed by atoms with E-state index in [9.17, 15) is 0 Å². The Labute approximate surface area is 146 Å². The van der Waals surface area contributed by atoms with Gasteiger partial charge in [0.25, 0.3) is 0 Å². The monoisotopic (exact) mass is 413 g/mol. The molecule has 6 heteroatoms. The van der Waals surface area contributed by atoms with Gasteiger partial charge in [0, 0.05) is 39.5 Å². The summed E-state index contributed by atoms with van der Waals surface area (Å²) in [7, 11) is 1.72. The van der Waals surface area contributed by atoms with Crippen molar-refractivity contribution < 1.29 is 9.47 Å². The molecule has 5 nitrogen and oxygen atoms in total. The van der Waals surface area contributed by atoms with E-state index in [1.54, 1.807) is 7.11 Å². The van der Waals surface area contributed by atoms with E-state index in [0.717, 1.165) is 38.7 Å². The molecule has 126 valence electrons. The Hall–Kier alpha value is -0.0800. The van der Waals surface area contributed by atoms with Gasteiger partial charge in [-0.3, -0.25) is 4.99 Å². The molecule has 0 aromatic rings. The van der Waals surface area contributed by atoms with E-state index in [0.29, 0.717) is 12.0 Å². The molecule has 1 fully saturated rings. The van der Waals surface area contributed by atoms with Gasteiger partial charge in [0.05, 0.1) is 6.61 Å². The van der Waals surface area contributed by atoms with Gasteiger partial charge in [-0.05, 0) is 45.4 Å². The summed E-state index contributed by atoms with van der Waals surface area (Å²) in [6.45, 7) is 10.3. The van der Waals surface area contributed by atoms with Crippen molar-refractivity contribution >= 4 is 29.9 Å². The first kappa shape index (κ1) is 20.9. The Bertz CT molecular complexity index is 297. The summed E-state index contributed by atoms with van der Waals surface area (Å²) in [4.78, 5) is 4.73. The Morgan fingerprint density at radius 2 is 2.05 bits per heavy atom. The molecule has 0 heterocycles. The molecule has 21 heavy (non-hydrogen) atoms. The lowest BCUT2D eigenvalue weighted by atomic mass is 10.0. The molecule has 0 aromatic heterocycles. The van der Waals surface area contributed by atoms with Crippen molar-refractivity contribution in [3.8, 4) is 0 Å². The molecular weight excluding hydrogens is 381 g/mol. The second-order valence-electron chi connectivity index (χ2n) is 5.64. The fourth-order valence-electron chi connectivity index (χ4n) is 2.19. The number of methoxy groups -OCH3 is 1. The summed E-state index contributed by atoms with van der Waals surface area (Å²) in [6.07, 6.45) is 3.67. The number of nitrogens with zero attached hydrogens (tertiary/aromatic N) is 1. The minimum Gasteiger partial charge on any atom is -0.383 e. The van der Waals surface area contributed by atoms with Crippen LogP contribution in [0.25, 0.3) is 0 Å². The lowest BCUT2D eigenvalue weighted by molar-refractivity contribution is 0.129. The molecule has 1 unspecified atom stereocenters. The third-order valence-electron chi connectivity index (χ3n) is 3.65. The zero-order valence-corrected chi connectivity index (χ0v) is 16.2. The van der Waals surface area contributed by atoms with Gasteiger partial charge in [-0.25, -0.2) is 0 Å². The number of aliphatic imine (C=N–C) groups is 1. The predicted octanol–water partition coefficient (Wildman–Crippen LogP) is 2.40. The van der Waals surface area contributed by atoms with E-state index < -0.39 is 0 Å². The van der Waals surface area contributed by atoms with E-state index >= 15 is 0 Å². The van der Waals surface area contributed by atoms with Gasteiger partial charge in [0.2, 0.25) is 0 Å². The molecule has 1 aliphatic carbocycles. The largest absolute Gasteiger partial charge is 0.383 e. The topological polar surface area (TPSA) is 54.9 Å². The number of rotatable bonds is 10. The first-order valence-corrected chi connectivity index (χ1v) is 7.77. The molecule has 0 saturated heterocycles. The van der Waals surface area contributed by atoms with Gasteiger partial charge in [0.15, 0.2) is 5.96 Å². The highest BCUT2D eigenvalue weighted by atomic mass is 127. The summed E-state index contributed by atoms with van der Waals surface area (Å²) in [6, 6.07) is 0.261. The van der Waals surface area contributed by atoms with Crippen molar-refractivity contribution in [2.24, 2.45) is 10.4 Å². The number of hydrogen-bond donors (Lipinski definition) is 2. The summed E-state index contributed by atoms with van der Waals surface area (Å²) in [5.41, 5.74) is 0.391. The van der Waals surface area contributed by atoms with Crippen LogP contribution in [0.2, 0.25) is 0 Å². The van der Waals surface area contributed by atoms with Crippen LogP contribution in [-0.2, 0) is 9.47 Å². The van der Waals surface area contributed by atoms with Gasteiger partial charge in [-0.15, -0.1) is 24.0 Å². The van der Waals surface area contributed by atoms with Crippen molar-refractivity contribution in [2.45, 2.75) is 46.1 Å². The van der Waals surface area contributed by atoms with Crippen LogP contribution in [0.4, 0.5) is 0 Å². The fourth-order valence-corrected chi connectivity index (χ4v) is 2.19. The molecule has 0 radical (unpaired) electrons. The van der Waals surface area contributed by atoms with Crippen molar-refractivity contribution in [3.05, 3.63) is 0 Å². The maximum atomic E-state index is 5.46. The van der Waals surface area contributed by atoms with Crippen LogP contribution in [0.3, 0.4) is 0 Å². The third-order valence-corrected chi connectivity index (χ3v) is 3.65. The van der Waals surface area contributed by atoms with Crippen molar-refractivity contribution in [2.75, 3.05) is 40.0 Å². The van der Waals surface area contributed by atoms with Crippen LogP contribution in [0.5, 0.6) is 0 Å². The van der Waals surface area contributed by atoms with Gasteiger partial charge in [-0.1, -0.05) is 0 Å². The number of guanidine groups is 1. The summed E-state index contributed by atoms with van der Waals surface area (Å²) in [5.74, 6) is 0.889. The van der Waals surface area contributed by atoms with Gasteiger partial charge in [-0.2, -0.15) is 0 Å². The first-order chi connectivity index (χ1) is 9.65. The zero-order valence-electron chi connectivity index (χ0n) is 13.9. The van der Waals surface area contributed by atoms with Gasteiger partial charge >= 0.3 is 0 Å². The average Bonchev–Trinajstić information content (AvgIpc) is 3.17. The van der Waals surface area contributed by atoms with Crippen LogP contribution in [-0.4, -0.2) is 52.0 Å². The average molecular weight is 413 g/mol. The second-order valence-corrected chi connectivity index (χ2v) is 5.64. The van der Waals surface area contributed by atoms with Crippen molar-refractivity contribution in [1.82, 2.24) is 10.6 Å². The highest BCUT2D eigenvalue weighted by Crippen LogP contribution is 2.48. The highest BCUT2D eigenvalue weighted by Gasteiger charge is 2.41. The Morgan fingerprint density at radius 1 is 1.33 bits per heavy atom. The molecule has 0 aromatic carbocycles. The van der Waals surface area contributed by atoms with Crippen molar-refractivity contribution in [1.29, 1.82) is 0 Å². The second kappa shape index (κ2) is 11.5. The Morgan fingerprint density at radius 3 is 2.57 bits per heavy atom. The number of ether oxygens (including phenoxy) is 2. The SMILES string of the molecule is CCNC(=NCC1(CCOCC)CC1)NC(C)COC.I. The summed E-state index contributed by atoms with van der Waals surface area (Å²) >= 11 is 0. The van der Waals surface area contributed by atoms with E-state index in [1.807, 2.05) is 6.92 Å². The fraction of sp³-hybridized carbons (Fsp3) is 0.933. The van der Waals surface area contributed by atoms with E-state index in [2.05, 4.69) is 24.5 Å². The zero-order chi connectivity index (χ0) is 14.8. The van der Waals surface area contributed by atoms with Crippen LogP contribution in [0.15, 0.2) is 4.99 Å². The molecule has 1 aliphatic rings. The molecule has 1 rings (SSSR count). The molecular formula is C15H32IN3O2. The molecule has 0 amide bonds. The third kappa shape index (κ3) is 8.83. The van der Waals surface area contributed by atoms with Crippen LogP contribution in [0.1, 0.15) is 40.0 Å². The molecule has 0 spiro atoms. The molecule has 1 atom stereocenters. The number of nitrogens with one attached hydrogen (secondary N) is 2. The Kier molecular flexibility index (Phi) is 11.4. The summed E-state index contributed by atoms with van der Waals surface area (Å²) < 4.78 is 10.6.